The molecule has 0 saturated carbocycles. The van der Waals surface area contributed by atoms with Gasteiger partial charge in [0.2, 0.25) is 0 Å². The van der Waals surface area contributed by atoms with Crippen molar-refractivity contribution in [3.8, 4) is 5.75 Å². The molecule has 1 fully saturated rings. The first-order chi connectivity index (χ1) is 17.7. The van der Waals surface area contributed by atoms with Crippen LogP contribution in [0.15, 0.2) is 84.7 Å². The Morgan fingerprint density at radius 2 is 1.92 bits per heavy atom. The topological polar surface area (TPSA) is 65.0 Å². The average Bonchev–Trinajstić information content (AvgIpc) is 3.45. The molecule has 0 unspecified atom stereocenters. The summed E-state index contributed by atoms with van der Waals surface area (Å²) in [5, 5.41) is 14.9. The molecule has 36 heavy (non-hydrogen) atoms. The Labute approximate surface area is 216 Å². The minimum Gasteiger partial charge on any atom is -0.508 e. The van der Waals surface area contributed by atoms with Gasteiger partial charge in [0.1, 0.15) is 17.8 Å². The van der Waals surface area contributed by atoms with Crippen molar-refractivity contribution in [2.45, 2.75) is 25.3 Å². The average molecular weight is 502 g/mol. The van der Waals surface area contributed by atoms with Crippen molar-refractivity contribution in [3.63, 3.8) is 0 Å². The predicted octanol–water partition coefficient (Wildman–Crippen LogP) is 5.37. The van der Waals surface area contributed by atoms with Crippen molar-refractivity contribution < 1.29 is 14.6 Å². The number of carbonyl (C=O) groups excluding carboxylic acids is 1. The van der Waals surface area contributed by atoms with E-state index in [1.807, 2.05) is 60.2 Å². The second-order valence-corrected chi connectivity index (χ2v) is 10.2. The van der Waals surface area contributed by atoms with Gasteiger partial charge in [-0.2, -0.15) is 0 Å². The van der Waals surface area contributed by atoms with Crippen LogP contribution in [0.5, 0.6) is 5.75 Å². The lowest BCUT2D eigenvalue weighted by molar-refractivity contribution is 0.0949. The molecule has 1 aromatic heterocycles. The van der Waals surface area contributed by atoms with Crippen molar-refractivity contribution in [2.24, 2.45) is 0 Å². The van der Waals surface area contributed by atoms with Gasteiger partial charge in [0.05, 0.1) is 6.54 Å². The zero-order chi connectivity index (χ0) is 24.7. The van der Waals surface area contributed by atoms with Gasteiger partial charge in [-0.25, -0.2) is 0 Å². The lowest BCUT2D eigenvalue weighted by Crippen LogP contribution is -2.37. The van der Waals surface area contributed by atoms with Gasteiger partial charge in [0, 0.05) is 41.5 Å². The second-order valence-electron chi connectivity index (χ2n) is 9.15. The highest BCUT2D eigenvalue weighted by Gasteiger charge is 2.24. The fourth-order valence-corrected chi connectivity index (χ4v) is 5.45. The van der Waals surface area contributed by atoms with Crippen LogP contribution in [0, 0.1) is 0 Å². The summed E-state index contributed by atoms with van der Waals surface area (Å²) in [6, 6.07) is 19.2. The molecule has 186 valence electrons. The van der Waals surface area contributed by atoms with Crippen LogP contribution < -0.4 is 5.32 Å². The van der Waals surface area contributed by atoms with Crippen LogP contribution in [0.2, 0.25) is 0 Å². The zero-order valence-electron chi connectivity index (χ0n) is 20.2. The number of thiophene rings is 1. The van der Waals surface area contributed by atoms with E-state index in [0.717, 1.165) is 66.3 Å². The molecule has 7 heteroatoms. The fourth-order valence-electron chi connectivity index (χ4n) is 4.81. The molecule has 1 saturated heterocycles. The van der Waals surface area contributed by atoms with E-state index in [1.54, 1.807) is 29.7 Å². The molecular formula is C29H31N3O3S. The highest BCUT2D eigenvalue weighted by Crippen LogP contribution is 2.31. The summed E-state index contributed by atoms with van der Waals surface area (Å²) in [4.78, 5) is 18.7. The molecule has 2 aromatic carbocycles. The first-order valence-electron chi connectivity index (χ1n) is 12.4. The molecule has 2 aliphatic heterocycles. The summed E-state index contributed by atoms with van der Waals surface area (Å²) in [7, 11) is 0. The summed E-state index contributed by atoms with van der Waals surface area (Å²) in [5.41, 5.74) is 2.81. The summed E-state index contributed by atoms with van der Waals surface area (Å²) >= 11 is 1.66. The van der Waals surface area contributed by atoms with Gasteiger partial charge in [0.15, 0.2) is 0 Å². The van der Waals surface area contributed by atoms with Gasteiger partial charge in [-0.3, -0.25) is 4.79 Å². The number of aromatic hydroxyl groups is 1. The maximum Gasteiger partial charge on any atom is 0.251 e. The molecular weight excluding hydrogens is 470 g/mol. The number of nitrogens with zero attached hydrogens (tertiary/aromatic N) is 2. The number of likely N-dealkylation sites (tertiary alicyclic amines) is 1. The Kier molecular flexibility index (Phi) is 7.69. The number of nitrogens with one attached hydrogen (secondary N) is 1. The number of carbonyl (C=O) groups is 1. The van der Waals surface area contributed by atoms with Gasteiger partial charge in [-0.05, 0) is 67.1 Å². The van der Waals surface area contributed by atoms with Gasteiger partial charge >= 0.3 is 0 Å². The minimum atomic E-state index is 0.00913. The quantitative estimate of drug-likeness (QED) is 0.435. The monoisotopic (exact) mass is 501 g/mol. The molecule has 5 rings (SSSR count). The largest absolute Gasteiger partial charge is 0.508 e. The van der Waals surface area contributed by atoms with Crippen molar-refractivity contribution in [1.29, 1.82) is 0 Å². The molecule has 3 heterocycles. The maximum atomic E-state index is 12.9. The van der Waals surface area contributed by atoms with E-state index in [1.165, 1.54) is 0 Å². The van der Waals surface area contributed by atoms with E-state index < -0.39 is 0 Å². The predicted molar refractivity (Wildman–Crippen MR) is 143 cm³/mol. The maximum absolute atomic E-state index is 12.9. The number of piperidine rings is 1. The molecule has 0 atom stereocenters. The second kappa shape index (κ2) is 11.5. The highest BCUT2D eigenvalue weighted by molar-refractivity contribution is 7.09. The number of hydrogen-bond acceptors (Lipinski definition) is 6. The van der Waals surface area contributed by atoms with Gasteiger partial charge < -0.3 is 25.0 Å². The number of ether oxygens (including phenoxy) is 1. The zero-order valence-corrected chi connectivity index (χ0v) is 21.0. The van der Waals surface area contributed by atoms with Crippen LogP contribution >= 0.6 is 11.3 Å². The molecule has 1 amide bonds. The van der Waals surface area contributed by atoms with Crippen LogP contribution in [0.4, 0.5) is 0 Å². The molecule has 2 N–H and O–H groups in total. The third-order valence-corrected chi connectivity index (χ3v) is 7.65. The molecule has 0 aliphatic carbocycles. The molecule has 6 nitrogen and oxygen atoms in total. The summed E-state index contributed by atoms with van der Waals surface area (Å²) < 4.78 is 5.65. The summed E-state index contributed by atoms with van der Waals surface area (Å²) in [6.07, 6.45) is 7.68. The minimum absolute atomic E-state index is 0.00913. The van der Waals surface area contributed by atoms with Crippen molar-refractivity contribution in [1.82, 2.24) is 15.1 Å². The van der Waals surface area contributed by atoms with Crippen molar-refractivity contribution in [3.05, 3.63) is 106 Å². The van der Waals surface area contributed by atoms with Gasteiger partial charge in [0.25, 0.3) is 5.91 Å². The first kappa shape index (κ1) is 24.2. The van der Waals surface area contributed by atoms with Crippen LogP contribution in [-0.2, 0) is 11.3 Å². The fraction of sp³-hybridized carbons (Fsp3) is 0.276. The third-order valence-electron chi connectivity index (χ3n) is 6.77. The van der Waals surface area contributed by atoms with Crippen LogP contribution in [0.3, 0.4) is 0 Å². The number of phenols is 1. The standard InChI is InChI=1S/C29H31N3O3S/c33-24-6-3-5-23(19-24)28-21-32(16-17-35-28)15-14-31-12-10-22(11-13-31)26-8-1-2-9-27(26)29(34)30-20-25-7-4-18-36-25/h1-9,16-19,21-22,33H,10-15,20H2,(H,30,34). The number of phenolic OH excluding ortho intramolecular Hbond substituents is 1. The van der Waals surface area contributed by atoms with E-state index in [2.05, 4.69) is 21.2 Å². The van der Waals surface area contributed by atoms with E-state index in [9.17, 15) is 9.90 Å². The van der Waals surface area contributed by atoms with Gasteiger partial charge in [-0.15, -0.1) is 11.3 Å². The van der Waals surface area contributed by atoms with Crippen LogP contribution in [0.1, 0.15) is 45.1 Å². The van der Waals surface area contributed by atoms with E-state index in [4.69, 9.17) is 4.74 Å². The molecule has 0 radical (unpaired) electrons. The Morgan fingerprint density at radius 3 is 2.72 bits per heavy atom. The van der Waals surface area contributed by atoms with E-state index in [0.29, 0.717) is 12.5 Å². The normalized spacial score (nSPS) is 16.4. The Bertz CT molecular complexity index is 1230. The van der Waals surface area contributed by atoms with Gasteiger partial charge in [-0.1, -0.05) is 36.4 Å². The Morgan fingerprint density at radius 1 is 1.06 bits per heavy atom. The molecule has 2 aliphatic rings. The molecule has 0 spiro atoms. The summed E-state index contributed by atoms with van der Waals surface area (Å²) in [5.74, 6) is 1.35. The van der Waals surface area contributed by atoms with Crippen LogP contribution in [-0.4, -0.2) is 47.0 Å². The number of amides is 1. The first-order valence-corrected chi connectivity index (χ1v) is 13.3. The highest BCUT2D eigenvalue weighted by atomic mass is 32.1. The number of hydrogen-bond donors (Lipinski definition) is 2. The smallest absolute Gasteiger partial charge is 0.251 e. The Balaban J connectivity index is 1.14. The van der Waals surface area contributed by atoms with Crippen LogP contribution in [0.25, 0.3) is 5.76 Å². The Hall–Kier alpha value is -3.55. The molecule has 0 bridgehead atoms. The number of rotatable bonds is 8. The summed E-state index contributed by atoms with van der Waals surface area (Å²) in [6.45, 7) is 4.39. The van der Waals surface area contributed by atoms with Crippen molar-refractivity contribution >= 4 is 23.0 Å². The van der Waals surface area contributed by atoms with E-state index in [-0.39, 0.29) is 11.7 Å². The lowest BCUT2D eigenvalue weighted by Gasteiger charge is -2.34. The van der Waals surface area contributed by atoms with E-state index >= 15 is 0 Å². The SMILES string of the molecule is O=C(NCc1cccs1)c1ccccc1C1CCN(CCN2C=COC(c3cccc(O)c3)=C2)CC1. The van der Waals surface area contributed by atoms with Crippen molar-refractivity contribution in [2.75, 3.05) is 26.2 Å². The number of benzene rings is 2. The lowest BCUT2D eigenvalue weighted by atomic mass is 9.86. The third kappa shape index (κ3) is 5.98. The molecule has 3 aromatic rings.